The second kappa shape index (κ2) is 8.51. The maximum absolute atomic E-state index is 11.9. The molecule has 0 aliphatic rings. The minimum Gasteiger partial charge on any atom is -0.506 e. The van der Waals surface area contributed by atoms with Crippen LogP contribution in [0.4, 0.5) is 5.69 Å². The van der Waals surface area contributed by atoms with Crippen molar-refractivity contribution < 1.29 is 14.6 Å². The molecule has 0 spiro atoms. The van der Waals surface area contributed by atoms with E-state index in [0.29, 0.717) is 26.5 Å². The van der Waals surface area contributed by atoms with Gasteiger partial charge in [-0.3, -0.25) is 10.1 Å². The first-order chi connectivity index (χ1) is 11.8. The van der Waals surface area contributed by atoms with E-state index in [9.17, 15) is 9.90 Å². The molecule has 0 atom stereocenters. The first-order valence-electron chi connectivity index (χ1n) is 7.25. The van der Waals surface area contributed by atoms with Crippen LogP contribution in [0.1, 0.15) is 11.1 Å². The van der Waals surface area contributed by atoms with Gasteiger partial charge in [-0.15, -0.1) is 0 Å². The zero-order valence-corrected chi connectivity index (χ0v) is 16.7. The summed E-state index contributed by atoms with van der Waals surface area (Å²) in [6, 6.07) is 8.53. The lowest BCUT2D eigenvalue weighted by Crippen LogP contribution is -2.37. The lowest BCUT2D eigenvalue weighted by molar-refractivity contribution is -0.121. The van der Waals surface area contributed by atoms with Crippen molar-refractivity contribution >= 4 is 56.5 Å². The third-order valence-corrected chi connectivity index (χ3v) is 4.30. The fraction of sp³-hybridized carbons (Fsp3) is 0.176. The lowest BCUT2D eigenvalue weighted by atomic mass is 10.2. The van der Waals surface area contributed by atoms with Gasteiger partial charge in [0.05, 0.1) is 4.47 Å². The van der Waals surface area contributed by atoms with E-state index in [2.05, 4.69) is 26.6 Å². The number of hydrogen-bond acceptors (Lipinski definition) is 4. The summed E-state index contributed by atoms with van der Waals surface area (Å²) in [7, 11) is 0. The fourth-order valence-electron chi connectivity index (χ4n) is 2.05. The number of halogens is 2. The molecule has 132 valence electrons. The number of ether oxygens (including phenoxy) is 1. The number of rotatable bonds is 4. The predicted molar refractivity (Wildman–Crippen MR) is 107 cm³/mol. The molecular formula is C17H16BrClN2O3S. The highest BCUT2D eigenvalue weighted by Gasteiger charge is 2.09. The van der Waals surface area contributed by atoms with Crippen molar-refractivity contribution in [3.05, 3.63) is 51.0 Å². The average Bonchev–Trinajstić information content (AvgIpc) is 2.51. The predicted octanol–water partition coefficient (Wildman–Crippen LogP) is 4.32. The van der Waals surface area contributed by atoms with E-state index in [4.69, 9.17) is 28.6 Å². The molecule has 2 aromatic rings. The number of phenols is 1. The summed E-state index contributed by atoms with van der Waals surface area (Å²) in [5, 5.41) is 15.9. The number of anilines is 1. The second-order valence-electron chi connectivity index (χ2n) is 5.32. The fourth-order valence-corrected chi connectivity index (χ4v) is 3.07. The number of amides is 1. The van der Waals surface area contributed by atoms with E-state index in [1.807, 2.05) is 6.92 Å². The summed E-state index contributed by atoms with van der Waals surface area (Å²) in [6.45, 7) is 3.42. The maximum Gasteiger partial charge on any atom is 0.264 e. The van der Waals surface area contributed by atoms with Crippen molar-refractivity contribution in [3.8, 4) is 11.5 Å². The standard InChI is InChI=1S/C17H16BrClN2O3S/c1-9-5-11(19)3-4-14(9)24-8-15(22)21-17(25)20-12-6-10(2)16(23)13(18)7-12/h3-7,23H,8H2,1-2H3,(H2,20,21,22,25). The highest BCUT2D eigenvalue weighted by atomic mass is 79.9. The van der Waals surface area contributed by atoms with Gasteiger partial charge in [-0.25, -0.2) is 0 Å². The van der Waals surface area contributed by atoms with Crippen LogP contribution in [0.2, 0.25) is 5.02 Å². The Labute approximate surface area is 164 Å². The Hall–Kier alpha value is -1.83. The molecule has 0 saturated heterocycles. The van der Waals surface area contributed by atoms with E-state index in [1.54, 1.807) is 37.3 Å². The quantitative estimate of drug-likeness (QED) is 0.485. The molecule has 25 heavy (non-hydrogen) atoms. The summed E-state index contributed by atoms with van der Waals surface area (Å²) in [6.07, 6.45) is 0. The van der Waals surface area contributed by atoms with Crippen LogP contribution in [-0.2, 0) is 4.79 Å². The van der Waals surface area contributed by atoms with Crippen molar-refractivity contribution in [2.24, 2.45) is 0 Å². The van der Waals surface area contributed by atoms with Crippen molar-refractivity contribution in [3.63, 3.8) is 0 Å². The van der Waals surface area contributed by atoms with Crippen molar-refractivity contribution in [2.45, 2.75) is 13.8 Å². The molecule has 3 N–H and O–H groups in total. The summed E-state index contributed by atoms with van der Waals surface area (Å²) < 4.78 is 5.99. The zero-order chi connectivity index (χ0) is 18.6. The largest absolute Gasteiger partial charge is 0.506 e. The molecule has 0 aromatic heterocycles. The monoisotopic (exact) mass is 442 g/mol. The zero-order valence-electron chi connectivity index (χ0n) is 13.5. The number of nitrogens with one attached hydrogen (secondary N) is 2. The van der Waals surface area contributed by atoms with E-state index in [1.165, 1.54) is 0 Å². The topological polar surface area (TPSA) is 70.6 Å². The van der Waals surface area contributed by atoms with Gasteiger partial charge in [0.15, 0.2) is 11.7 Å². The van der Waals surface area contributed by atoms with Crippen LogP contribution < -0.4 is 15.4 Å². The molecule has 0 aliphatic heterocycles. The molecule has 0 bridgehead atoms. The van der Waals surface area contributed by atoms with Crippen LogP contribution >= 0.6 is 39.7 Å². The Kier molecular flexibility index (Phi) is 6.64. The normalized spacial score (nSPS) is 10.2. The third kappa shape index (κ3) is 5.59. The van der Waals surface area contributed by atoms with Gasteiger partial charge in [0.25, 0.3) is 5.91 Å². The third-order valence-electron chi connectivity index (χ3n) is 3.26. The number of aromatic hydroxyl groups is 1. The van der Waals surface area contributed by atoms with Crippen molar-refractivity contribution in [1.82, 2.24) is 5.32 Å². The van der Waals surface area contributed by atoms with Gasteiger partial charge in [-0.1, -0.05) is 11.6 Å². The van der Waals surface area contributed by atoms with Gasteiger partial charge in [-0.05, 0) is 83.5 Å². The van der Waals surface area contributed by atoms with Crippen LogP contribution in [-0.4, -0.2) is 22.7 Å². The van der Waals surface area contributed by atoms with Gasteiger partial charge < -0.3 is 15.2 Å². The number of aryl methyl sites for hydroxylation is 2. The molecule has 2 rings (SSSR count). The Morgan fingerprint density at radius 3 is 2.64 bits per heavy atom. The Morgan fingerprint density at radius 1 is 1.28 bits per heavy atom. The molecule has 0 aliphatic carbocycles. The summed E-state index contributed by atoms with van der Waals surface area (Å²) in [4.78, 5) is 11.9. The second-order valence-corrected chi connectivity index (χ2v) is 7.02. The van der Waals surface area contributed by atoms with Crippen LogP contribution in [0.3, 0.4) is 0 Å². The minimum atomic E-state index is -0.388. The number of carbonyl (C=O) groups is 1. The number of carbonyl (C=O) groups excluding carboxylic acids is 1. The molecular weight excluding hydrogens is 428 g/mol. The molecule has 0 saturated carbocycles. The van der Waals surface area contributed by atoms with Crippen LogP contribution in [0, 0.1) is 13.8 Å². The van der Waals surface area contributed by atoms with E-state index in [0.717, 1.165) is 5.56 Å². The number of phenolic OH excluding ortho intramolecular Hbond substituents is 1. The molecule has 2 aromatic carbocycles. The van der Waals surface area contributed by atoms with Crippen LogP contribution in [0.15, 0.2) is 34.8 Å². The Bertz CT molecular complexity index is 807. The molecule has 0 heterocycles. The highest BCUT2D eigenvalue weighted by molar-refractivity contribution is 9.10. The average molecular weight is 444 g/mol. The number of thiocarbonyl (C=S) groups is 1. The van der Waals surface area contributed by atoms with E-state index >= 15 is 0 Å². The van der Waals surface area contributed by atoms with Gasteiger partial charge >= 0.3 is 0 Å². The highest BCUT2D eigenvalue weighted by Crippen LogP contribution is 2.30. The molecule has 5 nitrogen and oxygen atoms in total. The summed E-state index contributed by atoms with van der Waals surface area (Å²) >= 11 is 14.2. The van der Waals surface area contributed by atoms with E-state index in [-0.39, 0.29) is 23.4 Å². The number of hydrogen-bond donors (Lipinski definition) is 3. The van der Waals surface area contributed by atoms with Crippen molar-refractivity contribution in [2.75, 3.05) is 11.9 Å². The molecule has 1 amide bonds. The Balaban J connectivity index is 1.89. The lowest BCUT2D eigenvalue weighted by Gasteiger charge is -2.13. The molecule has 8 heteroatoms. The van der Waals surface area contributed by atoms with Gasteiger partial charge in [0.2, 0.25) is 0 Å². The van der Waals surface area contributed by atoms with E-state index < -0.39 is 0 Å². The van der Waals surface area contributed by atoms with Crippen LogP contribution in [0.25, 0.3) is 0 Å². The maximum atomic E-state index is 11.9. The molecule has 0 radical (unpaired) electrons. The van der Waals surface area contributed by atoms with Gasteiger partial charge in [0, 0.05) is 10.7 Å². The smallest absolute Gasteiger partial charge is 0.264 e. The minimum absolute atomic E-state index is 0.137. The van der Waals surface area contributed by atoms with Gasteiger partial charge in [-0.2, -0.15) is 0 Å². The molecule has 0 fully saturated rings. The summed E-state index contributed by atoms with van der Waals surface area (Å²) in [5.74, 6) is 0.352. The van der Waals surface area contributed by atoms with Crippen molar-refractivity contribution in [1.29, 1.82) is 0 Å². The summed E-state index contributed by atoms with van der Waals surface area (Å²) in [5.41, 5.74) is 2.15. The number of benzene rings is 2. The molecule has 0 unspecified atom stereocenters. The Morgan fingerprint density at radius 2 is 2.00 bits per heavy atom. The SMILES string of the molecule is Cc1cc(Cl)ccc1OCC(=O)NC(=S)Nc1cc(C)c(O)c(Br)c1. The van der Waals surface area contributed by atoms with Crippen LogP contribution in [0.5, 0.6) is 11.5 Å². The first-order valence-corrected chi connectivity index (χ1v) is 8.83. The van der Waals surface area contributed by atoms with Gasteiger partial charge in [0.1, 0.15) is 11.5 Å². The first kappa shape index (κ1) is 19.5.